The number of benzene rings is 3. The van der Waals surface area contributed by atoms with E-state index >= 15 is 0 Å². The molecule has 0 bridgehead atoms. The normalized spacial score (nSPS) is 12.6. The zero-order valence-corrected chi connectivity index (χ0v) is 15.2. The second kappa shape index (κ2) is 7.13. The first-order valence-electron chi connectivity index (χ1n) is 8.73. The minimum absolute atomic E-state index is 0.00139. The third-order valence-electron chi connectivity index (χ3n) is 4.57. The molecule has 1 aliphatic rings. The van der Waals surface area contributed by atoms with Crippen LogP contribution in [0, 0.1) is 10.1 Å². The summed E-state index contributed by atoms with van der Waals surface area (Å²) in [5.74, 6) is -1.67. The molecular weight excluding hydrogens is 390 g/mol. The Balaban J connectivity index is 1.60. The van der Waals surface area contributed by atoms with Gasteiger partial charge in [-0.1, -0.05) is 6.07 Å². The number of phenols is 1. The van der Waals surface area contributed by atoms with Crippen LogP contribution in [0.5, 0.6) is 5.75 Å². The first kappa shape index (κ1) is 18.8. The Morgan fingerprint density at radius 2 is 1.63 bits per heavy atom. The van der Waals surface area contributed by atoms with Gasteiger partial charge in [0.1, 0.15) is 5.75 Å². The molecule has 9 nitrogen and oxygen atoms in total. The largest absolute Gasteiger partial charge is 0.508 e. The molecule has 0 unspecified atom stereocenters. The molecule has 2 N–H and O–H groups in total. The first-order valence-corrected chi connectivity index (χ1v) is 8.73. The van der Waals surface area contributed by atoms with E-state index in [2.05, 4.69) is 5.32 Å². The van der Waals surface area contributed by atoms with Crippen LogP contribution < -0.4 is 10.2 Å². The van der Waals surface area contributed by atoms with Gasteiger partial charge in [-0.2, -0.15) is 0 Å². The molecule has 0 saturated heterocycles. The van der Waals surface area contributed by atoms with Crippen molar-refractivity contribution in [2.75, 3.05) is 10.2 Å². The summed E-state index contributed by atoms with van der Waals surface area (Å²) in [7, 11) is 0. The van der Waals surface area contributed by atoms with E-state index < -0.39 is 22.6 Å². The van der Waals surface area contributed by atoms with Gasteiger partial charge < -0.3 is 10.4 Å². The number of fused-ring (bicyclic) bond motifs is 1. The molecule has 148 valence electrons. The van der Waals surface area contributed by atoms with E-state index in [1.807, 2.05) is 0 Å². The van der Waals surface area contributed by atoms with E-state index in [0.717, 1.165) is 11.0 Å². The van der Waals surface area contributed by atoms with Crippen molar-refractivity contribution in [1.82, 2.24) is 0 Å². The smallest absolute Gasteiger partial charge is 0.270 e. The number of anilines is 2. The van der Waals surface area contributed by atoms with Crippen molar-refractivity contribution >= 4 is 34.8 Å². The number of aromatic hydroxyl groups is 1. The molecule has 0 fully saturated rings. The minimum atomic E-state index is -0.603. The van der Waals surface area contributed by atoms with E-state index in [-0.39, 0.29) is 33.8 Å². The van der Waals surface area contributed by atoms with Gasteiger partial charge in [-0.3, -0.25) is 24.5 Å². The average molecular weight is 403 g/mol. The van der Waals surface area contributed by atoms with Gasteiger partial charge in [-0.05, 0) is 48.5 Å². The van der Waals surface area contributed by atoms with Crippen molar-refractivity contribution in [3.05, 3.63) is 93.5 Å². The number of carbonyl (C=O) groups is 3. The Morgan fingerprint density at radius 1 is 0.933 bits per heavy atom. The average Bonchev–Trinajstić information content (AvgIpc) is 2.98. The highest BCUT2D eigenvalue weighted by atomic mass is 16.6. The van der Waals surface area contributed by atoms with Crippen LogP contribution in [0.4, 0.5) is 17.1 Å². The quantitative estimate of drug-likeness (QED) is 0.390. The standard InChI is InChI=1S/C21H13N3O6/c25-16-7-5-14(6-8-16)23-20(27)17-9-4-13(11-18(17)21(23)28)22-19(26)12-2-1-3-15(10-12)24(29)30/h1-11,25H,(H,22,26). The maximum absolute atomic E-state index is 12.8. The predicted octanol–water partition coefficient (Wildman–Crippen LogP) is 3.35. The van der Waals surface area contributed by atoms with Crippen molar-refractivity contribution in [3.63, 3.8) is 0 Å². The van der Waals surface area contributed by atoms with Crippen LogP contribution in [0.3, 0.4) is 0 Å². The number of carbonyl (C=O) groups excluding carboxylic acids is 3. The lowest BCUT2D eigenvalue weighted by Gasteiger charge is -2.13. The molecule has 1 aliphatic heterocycles. The first-order chi connectivity index (χ1) is 14.3. The minimum Gasteiger partial charge on any atom is -0.508 e. The van der Waals surface area contributed by atoms with Crippen LogP contribution in [-0.2, 0) is 0 Å². The Bertz CT molecular complexity index is 1220. The highest BCUT2D eigenvalue weighted by Crippen LogP contribution is 2.31. The molecule has 1 heterocycles. The van der Waals surface area contributed by atoms with Crippen LogP contribution in [0.25, 0.3) is 0 Å². The molecule has 0 saturated carbocycles. The Labute approximate surface area is 169 Å². The molecule has 4 rings (SSSR count). The monoisotopic (exact) mass is 403 g/mol. The highest BCUT2D eigenvalue weighted by Gasteiger charge is 2.36. The Kier molecular flexibility index (Phi) is 4.47. The van der Waals surface area contributed by atoms with Gasteiger partial charge in [0.2, 0.25) is 0 Å². The van der Waals surface area contributed by atoms with Gasteiger partial charge in [-0.25, -0.2) is 4.90 Å². The van der Waals surface area contributed by atoms with E-state index in [9.17, 15) is 29.6 Å². The molecule has 30 heavy (non-hydrogen) atoms. The molecular formula is C21H13N3O6. The van der Waals surface area contributed by atoms with Gasteiger partial charge in [0.05, 0.1) is 21.7 Å². The summed E-state index contributed by atoms with van der Waals surface area (Å²) >= 11 is 0. The lowest BCUT2D eigenvalue weighted by Crippen LogP contribution is -2.29. The summed E-state index contributed by atoms with van der Waals surface area (Å²) in [5.41, 5.74) is 0.728. The maximum Gasteiger partial charge on any atom is 0.270 e. The lowest BCUT2D eigenvalue weighted by atomic mass is 10.1. The van der Waals surface area contributed by atoms with Crippen molar-refractivity contribution in [2.45, 2.75) is 0 Å². The number of phenolic OH excluding ortho intramolecular Hbond substituents is 1. The SMILES string of the molecule is O=C(Nc1ccc2c(c1)C(=O)N(c1ccc(O)cc1)C2=O)c1cccc([N+](=O)[O-])c1. The van der Waals surface area contributed by atoms with Crippen LogP contribution in [-0.4, -0.2) is 27.8 Å². The summed E-state index contributed by atoms with van der Waals surface area (Å²) in [4.78, 5) is 49.1. The molecule has 0 aromatic heterocycles. The number of nitrogens with zero attached hydrogens (tertiary/aromatic N) is 2. The lowest BCUT2D eigenvalue weighted by molar-refractivity contribution is -0.384. The molecule has 3 aromatic carbocycles. The van der Waals surface area contributed by atoms with Crippen molar-refractivity contribution in [1.29, 1.82) is 0 Å². The molecule has 0 radical (unpaired) electrons. The summed E-state index contributed by atoms with van der Waals surface area (Å²) < 4.78 is 0. The van der Waals surface area contributed by atoms with E-state index in [0.29, 0.717) is 5.69 Å². The number of nitro groups is 1. The summed E-state index contributed by atoms with van der Waals surface area (Å²) in [5, 5.41) is 22.9. The number of hydrogen-bond donors (Lipinski definition) is 2. The summed E-state index contributed by atoms with van der Waals surface area (Å²) in [6, 6.07) is 15.1. The zero-order chi connectivity index (χ0) is 21.4. The molecule has 0 atom stereocenters. The van der Waals surface area contributed by atoms with Crippen LogP contribution in [0.1, 0.15) is 31.1 Å². The Morgan fingerprint density at radius 3 is 2.33 bits per heavy atom. The maximum atomic E-state index is 12.8. The fourth-order valence-corrected chi connectivity index (χ4v) is 3.12. The number of amides is 3. The van der Waals surface area contributed by atoms with Gasteiger partial charge in [-0.15, -0.1) is 0 Å². The fraction of sp³-hybridized carbons (Fsp3) is 0. The highest BCUT2D eigenvalue weighted by molar-refractivity contribution is 6.34. The molecule has 3 aromatic rings. The topological polar surface area (TPSA) is 130 Å². The third kappa shape index (κ3) is 3.24. The number of non-ortho nitro benzene ring substituents is 1. The number of hydrogen-bond acceptors (Lipinski definition) is 6. The fourth-order valence-electron chi connectivity index (χ4n) is 3.12. The van der Waals surface area contributed by atoms with E-state index in [1.54, 1.807) is 0 Å². The van der Waals surface area contributed by atoms with E-state index in [4.69, 9.17) is 0 Å². The molecule has 0 aliphatic carbocycles. The zero-order valence-electron chi connectivity index (χ0n) is 15.2. The van der Waals surface area contributed by atoms with Gasteiger partial charge in [0, 0.05) is 23.4 Å². The van der Waals surface area contributed by atoms with Crippen molar-refractivity contribution < 1.29 is 24.4 Å². The number of imide groups is 1. The van der Waals surface area contributed by atoms with Gasteiger partial charge >= 0.3 is 0 Å². The molecule has 9 heteroatoms. The van der Waals surface area contributed by atoms with Gasteiger partial charge in [0.15, 0.2) is 0 Å². The second-order valence-corrected chi connectivity index (χ2v) is 6.48. The van der Waals surface area contributed by atoms with Crippen LogP contribution in [0.15, 0.2) is 66.7 Å². The number of rotatable bonds is 4. The Hall–Kier alpha value is -4.53. The molecule has 0 spiro atoms. The summed E-state index contributed by atoms with van der Waals surface area (Å²) in [6.07, 6.45) is 0. The number of nitro benzene ring substituents is 1. The van der Waals surface area contributed by atoms with Crippen molar-refractivity contribution in [3.8, 4) is 5.75 Å². The van der Waals surface area contributed by atoms with Crippen LogP contribution >= 0.6 is 0 Å². The van der Waals surface area contributed by atoms with Crippen LogP contribution in [0.2, 0.25) is 0 Å². The third-order valence-corrected chi connectivity index (χ3v) is 4.57. The van der Waals surface area contributed by atoms with Crippen molar-refractivity contribution in [2.24, 2.45) is 0 Å². The van der Waals surface area contributed by atoms with E-state index in [1.165, 1.54) is 60.7 Å². The number of nitrogens with one attached hydrogen (secondary N) is 1. The molecule has 3 amide bonds. The van der Waals surface area contributed by atoms with Gasteiger partial charge in [0.25, 0.3) is 23.4 Å². The predicted molar refractivity (Wildman–Crippen MR) is 107 cm³/mol. The second-order valence-electron chi connectivity index (χ2n) is 6.48. The summed E-state index contributed by atoms with van der Waals surface area (Å²) in [6.45, 7) is 0.